The van der Waals surface area contributed by atoms with Crippen LogP contribution in [0.5, 0.6) is 0 Å². The largest absolute Gasteiger partial charge is 0.477 e. The molecule has 76 valence electrons. The van der Waals surface area contributed by atoms with Crippen molar-refractivity contribution in [1.82, 2.24) is 0 Å². The molecular weight excluding hydrogens is 200 g/mol. The summed E-state index contributed by atoms with van der Waals surface area (Å²) in [5.74, 6) is -0.908. The molecule has 1 unspecified atom stereocenters. The van der Waals surface area contributed by atoms with Crippen LogP contribution in [0, 0.1) is 5.41 Å². The highest BCUT2D eigenvalue weighted by molar-refractivity contribution is 7.14. The molecule has 2 rings (SSSR count). The van der Waals surface area contributed by atoms with Gasteiger partial charge in [0, 0.05) is 4.88 Å². The van der Waals surface area contributed by atoms with E-state index in [0.29, 0.717) is 4.88 Å². The van der Waals surface area contributed by atoms with Gasteiger partial charge in [-0.05, 0) is 23.5 Å². The van der Waals surface area contributed by atoms with Gasteiger partial charge in [0.05, 0.1) is 6.10 Å². The Morgan fingerprint density at radius 3 is 2.79 bits per heavy atom. The summed E-state index contributed by atoms with van der Waals surface area (Å²) in [4.78, 5) is 12.0. The number of carboxylic acid groups (broad SMARTS) is 1. The molecule has 0 fully saturated rings. The van der Waals surface area contributed by atoms with E-state index in [4.69, 9.17) is 5.11 Å². The molecule has 0 aromatic carbocycles. The monoisotopic (exact) mass is 212 g/mol. The standard InChI is InChI=1S/C10H12O3S/c1-10(2)4-7-5(8(10)11)3-6(14-7)9(12)13/h3,8,11H,4H2,1-2H3,(H,12,13). The smallest absolute Gasteiger partial charge is 0.345 e. The van der Waals surface area contributed by atoms with Crippen LogP contribution in [-0.2, 0) is 6.42 Å². The number of carboxylic acids is 1. The van der Waals surface area contributed by atoms with Crippen LogP contribution in [-0.4, -0.2) is 16.2 Å². The molecule has 4 heteroatoms. The van der Waals surface area contributed by atoms with Gasteiger partial charge in [-0.3, -0.25) is 0 Å². The van der Waals surface area contributed by atoms with Crippen LogP contribution in [0.25, 0.3) is 0 Å². The molecule has 1 aliphatic rings. The molecule has 1 atom stereocenters. The third kappa shape index (κ3) is 1.26. The summed E-state index contributed by atoms with van der Waals surface area (Å²) < 4.78 is 0. The molecule has 0 amide bonds. The van der Waals surface area contributed by atoms with Gasteiger partial charge >= 0.3 is 5.97 Å². The Morgan fingerprint density at radius 1 is 1.64 bits per heavy atom. The minimum Gasteiger partial charge on any atom is -0.477 e. The highest BCUT2D eigenvalue weighted by Crippen LogP contribution is 2.48. The first-order chi connectivity index (χ1) is 6.42. The van der Waals surface area contributed by atoms with Crippen LogP contribution in [0.2, 0.25) is 0 Å². The van der Waals surface area contributed by atoms with Crippen LogP contribution in [0.1, 0.15) is 40.1 Å². The second-order valence-corrected chi connectivity index (χ2v) is 5.50. The molecule has 0 saturated carbocycles. The number of carbonyl (C=O) groups is 1. The molecule has 3 nitrogen and oxygen atoms in total. The number of aromatic carboxylic acids is 1. The molecule has 1 aliphatic carbocycles. The first-order valence-corrected chi connectivity index (χ1v) is 5.27. The molecule has 0 saturated heterocycles. The van der Waals surface area contributed by atoms with Crippen LogP contribution < -0.4 is 0 Å². The molecule has 14 heavy (non-hydrogen) atoms. The van der Waals surface area contributed by atoms with Gasteiger partial charge in [0.15, 0.2) is 0 Å². The highest BCUT2D eigenvalue weighted by atomic mass is 32.1. The highest BCUT2D eigenvalue weighted by Gasteiger charge is 2.39. The number of aliphatic hydroxyl groups is 1. The molecule has 1 heterocycles. The minimum absolute atomic E-state index is 0.155. The average molecular weight is 212 g/mol. The Bertz CT molecular complexity index is 392. The van der Waals surface area contributed by atoms with Gasteiger partial charge in [0.2, 0.25) is 0 Å². The van der Waals surface area contributed by atoms with E-state index in [0.717, 1.165) is 16.9 Å². The Morgan fingerprint density at radius 2 is 2.29 bits per heavy atom. The summed E-state index contributed by atoms with van der Waals surface area (Å²) in [5, 5.41) is 18.7. The van der Waals surface area contributed by atoms with Gasteiger partial charge in [-0.1, -0.05) is 13.8 Å². The van der Waals surface area contributed by atoms with Gasteiger partial charge in [-0.2, -0.15) is 0 Å². The summed E-state index contributed by atoms with van der Waals surface area (Å²) in [6.07, 6.45) is 0.239. The van der Waals surface area contributed by atoms with Gasteiger partial charge in [0.1, 0.15) is 4.88 Å². The first-order valence-electron chi connectivity index (χ1n) is 4.46. The van der Waals surface area contributed by atoms with Crippen LogP contribution >= 0.6 is 11.3 Å². The maximum Gasteiger partial charge on any atom is 0.345 e. The third-order valence-electron chi connectivity index (χ3n) is 2.70. The number of hydrogen-bond donors (Lipinski definition) is 2. The van der Waals surface area contributed by atoms with E-state index in [1.165, 1.54) is 11.3 Å². The van der Waals surface area contributed by atoms with Crippen molar-refractivity contribution in [2.75, 3.05) is 0 Å². The maximum absolute atomic E-state index is 10.7. The fraction of sp³-hybridized carbons (Fsp3) is 0.500. The summed E-state index contributed by atoms with van der Waals surface area (Å²) in [6.45, 7) is 3.98. The molecule has 0 spiro atoms. The second-order valence-electron chi connectivity index (χ2n) is 4.36. The lowest BCUT2D eigenvalue weighted by molar-refractivity contribution is 0.0658. The Hall–Kier alpha value is -0.870. The van der Waals surface area contributed by atoms with E-state index < -0.39 is 12.1 Å². The SMILES string of the molecule is CC1(C)Cc2sc(C(=O)O)cc2C1O. The Labute approximate surface area is 86.0 Å². The molecule has 1 aromatic rings. The van der Waals surface area contributed by atoms with Crippen molar-refractivity contribution in [1.29, 1.82) is 0 Å². The van der Waals surface area contributed by atoms with Crippen molar-refractivity contribution in [3.8, 4) is 0 Å². The number of hydrogen-bond acceptors (Lipinski definition) is 3. The average Bonchev–Trinajstić information content (AvgIpc) is 2.53. The van der Waals surface area contributed by atoms with Crippen molar-refractivity contribution >= 4 is 17.3 Å². The van der Waals surface area contributed by atoms with E-state index in [1.807, 2.05) is 13.8 Å². The molecular formula is C10H12O3S. The van der Waals surface area contributed by atoms with Crippen molar-refractivity contribution < 1.29 is 15.0 Å². The van der Waals surface area contributed by atoms with Crippen LogP contribution in [0.3, 0.4) is 0 Å². The first kappa shape index (κ1) is 9.68. The van der Waals surface area contributed by atoms with Crippen LogP contribution in [0.4, 0.5) is 0 Å². The number of aliphatic hydroxyl groups excluding tert-OH is 1. The Balaban J connectivity index is 2.42. The predicted octanol–water partition coefficient (Wildman–Crippen LogP) is 2.06. The fourth-order valence-corrected chi connectivity index (χ4v) is 3.12. The topological polar surface area (TPSA) is 57.5 Å². The van der Waals surface area contributed by atoms with E-state index >= 15 is 0 Å². The number of rotatable bonds is 1. The molecule has 0 bridgehead atoms. The summed E-state index contributed by atoms with van der Waals surface area (Å²) in [5.41, 5.74) is 0.649. The van der Waals surface area contributed by atoms with E-state index in [1.54, 1.807) is 6.07 Å². The lowest BCUT2D eigenvalue weighted by atomic mass is 9.88. The maximum atomic E-state index is 10.7. The molecule has 0 radical (unpaired) electrons. The van der Waals surface area contributed by atoms with Gasteiger partial charge in [-0.25, -0.2) is 4.79 Å². The predicted molar refractivity (Wildman–Crippen MR) is 53.7 cm³/mol. The van der Waals surface area contributed by atoms with Gasteiger partial charge in [0.25, 0.3) is 0 Å². The number of fused-ring (bicyclic) bond motifs is 1. The zero-order chi connectivity index (χ0) is 10.5. The quantitative estimate of drug-likeness (QED) is 0.749. The summed E-state index contributed by atoms with van der Waals surface area (Å²) >= 11 is 1.28. The second kappa shape index (κ2) is 2.81. The van der Waals surface area contributed by atoms with Gasteiger partial charge in [-0.15, -0.1) is 11.3 Å². The van der Waals surface area contributed by atoms with E-state index in [9.17, 15) is 9.90 Å². The van der Waals surface area contributed by atoms with Crippen molar-refractivity contribution in [2.45, 2.75) is 26.4 Å². The van der Waals surface area contributed by atoms with Crippen LogP contribution in [0.15, 0.2) is 6.07 Å². The van der Waals surface area contributed by atoms with Gasteiger partial charge < -0.3 is 10.2 Å². The zero-order valence-electron chi connectivity index (χ0n) is 8.07. The molecule has 1 aromatic heterocycles. The normalized spacial score (nSPS) is 23.5. The number of thiophene rings is 1. The summed E-state index contributed by atoms with van der Waals surface area (Å²) in [6, 6.07) is 1.60. The lowest BCUT2D eigenvalue weighted by Crippen LogP contribution is -2.17. The molecule has 0 aliphatic heterocycles. The lowest BCUT2D eigenvalue weighted by Gasteiger charge is -2.22. The van der Waals surface area contributed by atoms with Crippen molar-refractivity contribution in [3.05, 3.63) is 21.4 Å². The van der Waals surface area contributed by atoms with Crippen molar-refractivity contribution in [3.63, 3.8) is 0 Å². The van der Waals surface area contributed by atoms with E-state index in [2.05, 4.69) is 0 Å². The third-order valence-corrected chi connectivity index (χ3v) is 3.84. The van der Waals surface area contributed by atoms with Crippen molar-refractivity contribution in [2.24, 2.45) is 5.41 Å². The van der Waals surface area contributed by atoms with E-state index in [-0.39, 0.29) is 5.41 Å². The zero-order valence-corrected chi connectivity index (χ0v) is 8.89. The molecule has 2 N–H and O–H groups in total. The minimum atomic E-state index is -0.908. The summed E-state index contributed by atoms with van der Waals surface area (Å²) in [7, 11) is 0. The fourth-order valence-electron chi connectivity index (χ4n) is 1.85. The Kier molecular flexibility index (Phi) is 1.94.